The zero-order valence-corrected chi connectivity index (χ0v) is 15.7. The maximum Gasteiger partial charge on any atom is 0.321 e. The van der Waals surface area contributed by atoms with E-state index in [2.05, 4.69) is 28.4 Å². The fourth-order valence-corrected chi connectivity index (χ4v) is 4.64. The predicted molar refractivity (Wildman–Crippen MR) is 104 cm³/mol. The molecule has 1 aromatic rings. The molecule has 2 fully saturated rings. The summed E-state index contributed by atoms with van der Waals surface area (Å²) in [5.74, 6) is 0.581. The Balaban J connectivity index is 1.35. The van der Waals surface area contributed by atoms with E-state index >= 15 is 0 Å². The number of piperidine rings is 1. The summed E-state index contributed by atoms with van der Waals surface area (Å²) in [4.78, 5) is 17.4. The maximum absolute atomic E-state index is 12.9. The van der Waals surface area contributed by atoms with Crippen LogP contribution in [-0.2, 0) is 17.6 Å². The van der Waals surface area contributed by atoms with Gasteiger partial charge in [0.05, 0.1) is 13.2 Å². The zero-order chi connectivity index (χ0) is 17.8. The molecule has 0 bridgehead atoms. The van der Waals surface area contributed by atoms with E-state index in [1.165, 1.54) is 30.4 Å². The molecule has 1 aliphatic carbocycles. The first-order valence-electron chi connectivity index (χ1n) is 10.3. The van der Waals surface area contributed by atoms with E-state index in [1.807, 2.05) is 4.90 Å². The van der Waals surface area contributed by atoms with Crippen LogP contribution in [0.5, 0.6) is 0 Å². The topological polar surface area (TPSA) is 44.8 Å². The number of morpholine rings is 1. The normalized spacial score (nSPS) is 24.2. The van der Waals surface area contributed by atoms with Crippen molar-refractivity contribution in [2.24, 2.45) is 5.92 Å². The van der Waals surface area contributed by atoms with Crippen LogP contribution >= 0.6 is 0 Å². The zero-order valence-electron chi connectivity index (χ0n) is 15.7. The molecule has 2 saturated heterocycles. The van der Waals surface area contributed by atoms with Crippen molar-refractivity contribution in [3.05, 3.63) is 29.3 Å². The van der Waals surface area contributed by atoms with Gasteiger partial charge >= 0.3 is 6.03 Å². The van der Waals surface area contributed by atoms with E-state index < -0.39 is 0 Å². The summed E-state index contributed by atoms with van der Waals surface area (Å²) in [5, 5.41) is 3.22. The number of hydrogen-bond donors (Lipinski definition) is 1. The second-order valence-corrected chi connectivity index (χ2v) is 7.95. The number of nitrogens with one attached hydrogen (secondary N) is 1. The molecule has 2 amide bonds. The molecule has 5 heteroatoms. The first kappa shape index (κ1) is 17.8. The number of nitrogens with zero attached hydrogens (tertiary/aromatic N) is 2. The van der Waals surface area contributed by atoms with Gasteiger partial charge in [0.25, 0.3) is 0 Å². The first-order chi connectivity index (χ1) is 12.8. The van der Waals surface area contributed by atoms with Gasteiger partial charge in [0, 0.05) is 38.4 Å². The molecule has 0 radical (unpaired) electrons. The third-order valence-corrected chi connectivity index (χ3v) is 6.06. The summed E-state index contributed by atoms with van der Waals surface area (Å²) in [6.45, 7) is 6.58. The van der Waals surface area contributed by atoms with Gasteiger partial charge in [0.15, 0.2) is 0 Å². The molecular weight excluding hydrogens is 326 g/mol. The van der Waals surface area contributed by atoms with Crippen molar-refractivity contribution in [3.8, 4) is 0 Å². The number of carbonyl (C=O) groups is 1. The Morgan fingerprint density at radius 2 is 1.96 bits per heavy atom. The molecule has 1 N–H and O–H groups in total. The number of anilines is 1. The van der Waals surface area contributed by atoms with E-state index in [0.29, 0.717) is 5.92 Å². The molecular formula is C21H31N3O2. The van der Waals surface area contributed by atoms with Crippen LogP contribution in [0.15, 0.2) is 18.2 Å². The second-order valence-electron chi connectivity index (χ2n) is 7.95. The van der Waals surface area contributed by atoms with Crippen LogP contribution in [0.25, 0.3) is 0 Å². The van der Waals surface area contributed by atoms with Crippen LogP contribution in [0, 0.1) is 5.92 Å². The minimum absolute atomic E-state index is 0.0793. The molecule has 2 heterocycles. The Hall–Kier alpha value is -1.59. The number of aryl methyl sites for hydroxylation is 1. The predicted octanol–water partition coefficient (Wildman–Crippen LogP) is 3.14. The van der Waals surface area contributed by atoms with Crippen LogP contribution in [0.3, 0.4) is 0 Å². The highest BCUT2D eigenvalue weighted by molar-refractivity contribution is 5.90. The van der Waals surface area contributed by atoms with E-state index in [-0.39, 0.29) is 6.03 Å². The van der Waals surface area contributed by atoms with E-state index in [1.54, 1.807) is 0 Å². The van der Waals surface area contributed by atoms with Crippen LogP contribution < -0.4 is 5.32 Å². The second kappa shape index (κ2) is 8.40. The number of urea groups is 1. The van der Waals surface area contributed by atoms with Gasteiger partial charge in [-0.25, -0.2) is 4.79 Å². The number of rotatable bonds is 3. The highest BCUT2D eigenvalue weighted by Crippen LogP contribution is 2.28. The van der Waals surface area contributed by atoms with Gasteiger partial charge in [0.2, 0.25) is 0 Å². The Kier molecular flexibility index (Phi) is 5.75. The molecule has 26 heavy (non-hydrogen) atoms. The summed E-state index contributed by atoms with van der Waals surface area (Å²) < 4.78 is 5.44. The Morgan fingerprint density at radius 1 is 1.12 bits per heavy atom. The Bertz CT molecular complexity index is 628. The lowest BCUT2D eigenvalue weighted by Crippen LogP contribution is -2.47. The van der Waals surface area contributed by atoms with Crippen molar-refractivity contribution >= 4 is 11.7 Å². The Morgan fingerprint density at radius 3 is 2.85 bits per heavy atom. The standard InChI is InChI=1S/C21H31N3O2/c25-21(22-20-9-3-7-18-6-1-2-8-19(18)20)24-10-4-5-17(16-24)15-23-11-13-26-14-12-23/h3,7,9,17H,1-2,4-6,8,10-16H2,(H,22,25)/t17-/m0/s1. The number of amides is 2. The number of benzene rings is 1. The minimum atomic E-state index is 0.0793. The molecule has 4 rings (SSSR count). The SMILES string of the molecule is O=C(Nc1cccc2c1CCCC2)N1CCC[C@@H](CN2CCOCC2)C1. The minimum Gasteiger partial charge on any atom is -0.379 e. The smallest absolute Gasteiger partial charge is 0.321 e. The van der Waals surface area contributed by atoms with E-state index in [4.69, 9.17) is 4.74 Å². The van der Waals surface area contributed by atoms with Gasteiger partial charge in [-0.2, -0.15) is 0 Å². The number of carbonyl (C=O) groups excluding carboxylic acids is 1. The molecule has 0 spiro atoms. The van der Waals surface area contributed by atoms with Crippen LogP contribution in [-0.4, -0.2) is 61.8 Å². The number of hydrogen-bond acceptors (Lipinski definition) is 3. The summed E-state index contributed by atoms with van der Waals surface area (Å²) >= 11 is 0. The monoisotopic (exact) mass is 357 g/mol. The quantitative estimate of drug-likeness (QED) is 0.904. The average molecular weight is 357 g/mol. The van der Waals surface area contributed by atoms with Gasteiger partial charge in [-0.3, -0.25) is 4.90 Å². The largest absolute Gasteiger partial charge is 0.379 e. The van der Waals surface area contributed by atoms with Crippen molar-refractivity contribution in [1.29, 1.82) is 0 Å². The molecule has 0 aromatic heterocycles. The van der Waals surface area contributed by atoms with Gasteiger partial charge in [-0.1, -0.05) is 12.1 Å². The maximum atomic E-state index is 12.9. The van der Waals surface area contributed by atoms with Crippen LogP contribution in [0.1, 0.15) is 36.8 Å². The molecule has 0 unspecified atom stereocenters. The van der Waals surface area contributed by atoms with Crippen molar-refractivity contribution < 1.29 is 9.53 Å². The number of likely N-dealkylation sites (tertiary alicyclic amines) is 1. The summed E-state index contributed by atoms with van der Waals surface area (Å²) in [6, 6.07) is 6.44. The van der Waals surface area contributed by atoms with Crippen molar-refractivity contribution in [1.82, 2.24) is 9.80 Å². The highest BCUT2D eigenvalue weighted by Gasteiger charge is 2.26. The van der Waals surface area contributed by atoms with E-state index in [9.17, 15) is 4.79 Å². The Labute approximate surface area is 156 Å². The van der Waals surface area contributed by atoms with Gasteiger partial charge < -0.3 is 15.0 Å². The average Bonchev–Trinajstić information content (AvgIpc) is 2.69. The lowest BCUT2D eigenvalue weighted by atomic mass is 9.90. The van der Waals surface area contributed by atoms with Gasteiger partial charge in [0.1, 0.15) is 0 Å². The fraction of sp³-hybridized carbons (Fsp3) is 0.667. The molecule has 1 atom stereocenters. The first-order valence-corrected chi connectivity index (χ1v) is 10.3. The fourth-order valence-electron chi connectivity index (χ4n) is 4.64. The van der Waals surface area contributed by atoms with Crippen LogP contribution in [0.2, 0.25) is 0 Å². The summed E-state index contributed by atoms with van der Waals surface area (Å²) in [5.41, 5.74) is 3.80. The summed E-state index contributed by atoms with van der Waals surface area (Å²) in [6.07, 6.45) is 7.05. The molecule has 0 saturated carbocycles. The lowest BCUT2D eigenvalue weighted by molar-refractivity contribution is 0.0252. The number of ether oxygens (including phenoxy) is 1. The van der Waals surface area contributed by atoms with Crippen molar-refractivity contribution in [2.45, 2.75) is 38.5 Å². The van der Waals surface area contributed by atoms with Crippen molar-refractivity contribution in [2.75, 3.05) is 51.3 Å². The molecule has 2 aliphatic heterocycles. The lowest BCUT2D eigenvalue weighted by Gasteiger charge is -2.37. The van der Waals surface area contributed by atoms with Crippen LogP contribution in [0.4, 0.5) is 10.5 Å². The summed E-state index contributed by atoms with van der Waals surface area (Å²) in [7, 11) is 0. The highest BCUT2D eigenvalue weighted by atomic mass is 16.5. The third kappa shape index (κ3) is 4.21. The van der Waals surface area contributed by atoms with Gasteiger partial charge in [-0.05, 0) is 61.6 Å². The molecule has 142 valence electrons. The van der Waals surface area contributed by atoms with Gasteiger partial charge in [-0.15, -0.1) is 0 Å². The molecule has 3 aliphatic rings. The number of fused-ring (bicyclic) bond motifs is 1. The molecule has 5 nitrogen and oxygen atoms in total. The molecule has 1 aromatic carbocycles. The van der Waals surface area contributed by atoms with E-state index in [0.717, 1.165) is 70.9 Å². The van der Waals surface area contributed by atoms with Crippen molar-refractivity contribution in [3.63, 3.8) is 0 Å². The third-order valence-electron chi connectivity index (χ3n) is 6.06.